The Kier molecular flexibility index (Phi) is 5.87. The van der Waals surface area contributed by atoms with E-state index in [1.165, 1.54) is 5.56 Å². The number of allylic oxidation sites excluding steroid dienone is 2. The minimum atomic E-state index is 0.109. The zero-order chi connectivity index (χ0) is 15.2. The molecule has 0 heterocycles. The van der Waals surface area contributed by atoms with Crippen molar-refractivity contribution < 1.29 is 0 Å². The molecule has 2 nitrogen and oxygen atoms in total. The van der Waals surface area contributed by atoms with Gasteiger partial charge >= 0.3 is 0 Å². The van der Waals surface area contributed by atoms with Gasteiger partial charge in [0.2, 0.25) is 0 Å². The normalized spacial score (nSPS) is 13.9. The molecule has 0 amide bonds. The highest BCUT2D eigenvalue weighted by Crippen LogP contribution is 2.22. The third-order valence-corrected chi connectivity index (χ3v) is 3.14. The molecule has 1 atom stereocenters. The Morgan fingerprint density at radius 3 is 2.40 bits per heavy atom. The lowest BCUT2D eigenvalue weighted by molar-refractivity contribution is 0.393. The lowest BCUT2D eigenvalue weighted by Gasteiger charge is -2.26. The van der Waals surface area contributed by atoms with Crippen LogP contribution in [0.3, 0.4) is 0 Å². The molecule has 1 aromatic rings. The number of benzene rings is 1. The zero-order valence-corrected chi connectivity index (χ0v) is 13.2. The summed E-state index contributed by atoms with van der Waals surface area (Å²) in [6, 6.07) is 10.5. The van der Waals surface area contributed by atoms with Crippen LogP contribution in [-0.4, -0.2) is 6.04 Å². The fourth-order valence-electron chi connectivity index (χ4n) is 2.24. The predicted molar refractivity (Wildman–Crippen MR) is 88.2 cm³/mol. The van der Waals surface area contributed by atoms with Gasteiger partial charge in [-0.05, 0) is 30.7 Å². The van der Waals surface area contributed by atoms with Crippen molar-refractivity contribution in [2.45, 2.75) is 46.6 Å². The van der Waals surface area contributed by atoms with Crippen LogP contribution in [0, 0.1) is 5.41 Å². The smallest absolute Gasteiger partial charge is 0.0691 e. The molecule has 0 fully saturated rings. The van der Waals surface area contributed by atoms with Gasteiger partial charge in [-0.25, -0.2) is 0 Å². The Bertz CT molecular complexity index is 452. The molecule has 0 bridgehead atoms. The van der Waals surface area contributed by atoms with Crippen molar-refractivity contribution in [3.8, 4) is 0 Å². The second-order valence-corrected chi connectivity index (χ2v) is 6.52. The molecule has 1 rings (SSSR count). The predicted octanol–water partition coefficient (Wildman–Crippen LogP) is 4.00. The maximum absolute atomic E-state index is 6.13. The average Bonchev–Trinajstić information content (AvgIpc) is 2.36. The third-order valence-electron chi connectivity index (χ3n) is 3.14. The fourth-order valence-corrected chi connectivity index (χ4v) is 2.24. The summed E-state index contributed by atoms with van der Waals surface area (Å²) >= 11 is 0. The lowest BCUT2D eigenvalue weighted by Crippen LogP contribution is -2.36. The Hall–Kier alpha value is -1.70. The van der Waals surface area contributed by atoms with Gasteiger partial charge in [0.1, 0.15) is 0 Å². The Labute approximate surface area is 123 Å². The quantitative estimate of drug-likeness (QED) is 0.821. The van der Waals surface area contributed by atoms with E-state index in [4.69, 9.17) is 5.73 Å². The van der Waals surface area contributed by atoms with Gasteiger partial charge in [0, 0.05) is 11.4 Å². The summed E-state index contributed by atoms with van der Waals surface area (Å²) in [6.07, 6.45) is 3.78. The first kappa shape index (κ1) is 16.4. The number of nitrogens with one attached hydrogen (secondary N) is 1. The van der Waals surface area contributed by atoms with Crippen molar-refractivity contribution in [3.63, 3.8) is 0 Å². The number of hydrogen-bond acceptors (Lipinski definition) is 2. The van der Waals surface area contributed by atoms with Crippen molar-refractivity contribution in [1.82, 2.24) is 5.32 Å². The van der Waals surface area contributed by atoms with Crippen LogP contribution < -0.4 is 11.1 Å². The van der Waals surface area contributed by atoms with E-state index in [0.717, 1.165) is 24.2 Å². The van der Waals surface area contributed by atoms with Crippen molar-refractivity contribution in [2.75, 3.05) is 0 Å². The fraction of sp³-hybridized carbons (Fsp3) is 0.444. The molecule has 0 aliphatic heterocycles. The van der Waals surface area contributed by atoms with Crippen LogP contribution in [0.2, 0.25) is 0 Å². The van der Waals surface area contributed by atoms with Gasteiger partial charge < -0.3 is 11.1 Å². The van der Waals surface area contributed by atoms with E-state index in [2.05, 4.69) is 56.9 Å². The van der Waals surface area contributed by atoms with Crippen molar-refractivity contribution in [2.24, 2.45) is 11.1 Å². The van der Waals surface area contributed by atoms with E-state index in [-0.39, 0.29) is 11.5 Å². The minimum Gasteiger partial charge on any atom is -0.401 e. The van der Waals surface area contributed by atoms with Gasteiger partial charge in [-0.3, -0.25) is 0 Å². The maximum Gasteiger partial charge on any atom is 0.0691 e. The standard InChI is InChI=1S/C18H28N2/c1-6-16(19)17(12-15-10-8-7-9-11-15)20-14(2)13-18(3,4)5/h6-11,17,20H,2,12-13,19H2,1,3-5H3/b16-6+/t17-/m1/s1. The summed E-state index contributed by atoms with van der Waals surface area (Å²) in [5.74, 6) is 0. The molecule has 0 radical (unpaired) electrons. The van der Waals surface area contributed by atoms with E-state index in [1.807, 2.05) is 19.1 Å². The Balaban J connectivity index is 2.73. The molecule has 20 heavy (non-hydrogen) atoms. The SMILES string of the molecule is C=C(CC(C)(C)C)N[C@H](Cc1ccccc1)/C(N)=C\C. The van der Waals surface area contributed by atoms with Gasteiger partial charge in [-0.1, -0.05) is 63.8 Å². The van der Waals surface area contributed by atoms with E-state index < -0.39 is 0 Å². The summed E-state index contributed by atoms with van der Waals surface area (Å²) in [4.78, 5) is 0. The topological polar surface area (TPSA) is 38.0 Å². The second kappa shape index (κ2) is 7.18. The van der Waals surface area contributed by atoms with E-state index in [9.17, 15) is 0 Å². The van der Waals surface area contributed by atoms with Crippen LogP contribution in [0.4, 0.5) is 0 Å². The first-order valence-electron chi connectivity index (χ1n) is 7.22. The lowest BCUT2D eigenvalue weighted by atomic mass is 9.90. The van der Waals surface area contributed by atoms with Crippen LogP contribution in [0.15, 0.2) is 54.4 Å². The molecule has 0 aliphatic rings. The molecular formula is C18H28N2. The molecular weight excluding hydrogens is 244 g/mol. The van der Waals surface area contributed by atoms with Crippen LogP contribution in [0.1, 0.15) is 39.7 Å². The molecule has 2 heteroatoms. The summed E-state index contributed by atoms with van der Waals surface area (Å²) in [5, 5.41) is 3.48. The highest BCUT2D eigenvalue weighted by Gasteiger charge is 2.16. The van der Waals surface area contributed by atoms with Crippen LogP contribution in [-0.2, 0) is 6.42 Å². The number of nitrogens with two attached hydrogens (primary N) is 1. The van der Waals surface area contributed by atoms with E-state index >= 15 is 0 Å². The first-order chi connectivity index (χ1) is 9.31. The maximum atomic E-state index is 6.13. The van der Waals surface area contributed by atoms with Crippen molar-refractivity contribution in [1.29, 1.82) is 0 Å². The molecule has 0 aromatic heterocycles. The molecule has 0 saturated heterocycles. The summed E-state index contributed by atoms with van der Waals surface area (Å²) < 4.78 is 0. The molecule has 0 unspecified atom stereocenters. The monoisotopic (exact) mass is 272 g/mol. The highest BCUT2D eigenvalue weighted by atomic mass is 15.0. The van der Waals surface area contributed by atoms with Gasteiger partial charge in [0.05, 0.1) is 6.04 Å². The molecule has 0 aliphatic carbocycles. The van der Waals surface area contributed by atoms with E-state index in [1.54, 1.807) is 0 Å². The minimum absolute atomic E-state index is 0.109. The van der Waals surface area contributed by atoms with Crippen molar-refractivity contribution in [3.05, 3.63) is 59.9 Å². The first-order valence-corrected chi connectivity index (χ1v) is 7.22. The van der Waals surface area contributed by atoms with Gasteiger partial charge in [-0.2, -0.15) is 0 Å². The molecule has 3 N–H and O–H groups in total. The van der Waals surface area contributed by atoms with Gasteiger partial charge in [0.25, 0.3) is 0 Å². The second-order valence-electron chi connectivity index (χ2n) is 6.52. The molecule has 0 spiro atoms. The van der Waals surface area contributed by atoms with Crippen LogP contribution in [0.5, 0.6) is 0 Å². The highest BCUT2D eigenvalue weighted by molar-refractivity contribution is 5.21. The number of hydrogen-bond donors (Lipinski definition) is 2. The number of rotatable bonds is 6. The van der Waals surface area contributed by atoms with Gasteiger partial charge in [0.15, 0.2) is 0 Å². The zero-order valence-electron chi connectivity index (χ0n) is 13.2. The van der Waals surface area contributed by atoms with Crippen LogP contribution in [0.25, 0.3) is 0 Å². The summed E-state index contributed by atoms with van der Waals surface area (Å²) in [6.45, 7) is 12.8. The molecule has 1 aromatic carbocycles. The van der Waals surface area contributed by atoms with E-state index in [0.29, 0.717) is 0 Å². The third kappa shape index (κ3) is 5.96. The Morgan fingerprint density at radius 2 is 1.90 bits per heavy atom. The molecule has 110 valence electrons. The largest absolute Gasteiger partial charge is 0.401 e. The average molecular weight is 272 g/mol. The molecule has 0 saturated carbocycles. The van der Waals surface area contributed by atoms with Crippen molar-refractivity contribution >= 4 is 0 Å². The Morgan fingerprint density at radius 1 is 1.30 bits per heavy atom. The van der Waals surface area contributed by atoms with Gasteiger partial charge in [-0.15, -0.1) is 0 Å². The van der Waals surface area contributed by atoms with Crippen LogP contribution >= 0.6 is 0 Å². The summed E-state index contributed by atoms with van der Waals surface area (Å²) in [7, 11) is 0. The summed E-state index contributed by atoms with van der Waals surface area (Å²) in [5.41, 5.74) is 9.55.